The largest absolute Gasteiger partial charge is 0.395 e. The summed E-state index contributed by atoms with van der Waals surface area (Å²) in [5.41, 5.74) is 0. The highest BCUT2D eigenvalue weighted by atomic mass is 35.5. The van der Waals surface area contributed by atoms with Crippen molar-refractivity contribution in [1.29, 1.82) is 0 Å². The zero-order valence-corrected chi connectivity index (χ0v) is 13.4. The number of aliphatic hydroxyl groups is 1. The van der Waals surface area contributed by atoms with Gasteiger partial charge in [-0.1, -0.05) is 30.9 Å². The Morgan fingerprint density at radius 3 is 2.70 bits per heavy atom. The normalized spacial score (nSPS) is 18.4. The summed E-state index contributed by atoms with van der Waals surface area (Å²) < 4.78 is 0.645. The van der Waals surface area contributed by atoms with Gasteiger partial charge in [-0.15, -0.1) is 11.3 Å². The van der Waals surface area contributed by atoms with Crippen molar-refractivity contribution >= 4 is 28.7 Å². The Morgan fingerprint density at radius 1 is 1.45 bits per heavy atom. The van der Waals surface area contributed by atoms with Crippen molar-refractivity contribution in [2.24, 2.45) is 0 Å². The van der Waals surface area contributed by atoms with Gasteiger partial charge in [0.15, 0.2) is 5.78 Å². The van der Waals surface area contributed by atoms with E-state index in [1.54, 1.807) is 12.1 Å². The van der Waals surface area contributed by atoms with E-state index in [4.69, 9.17) is 11.6 Å². The summed E-state index contributed by atoms with van der Waals surface area (Å²) in [6, 6.07) is 3.79. The van der Waals surface area contributed by atoms with Crippen molar-refractivity contribution in [2.45, 2.75) is 51.1 Å². The molecule has 0 amide bonds. The summed E-state index contributed by atoms with van der Waals surface area (Å²) in [4.78, 5) is 15.4. The molecule has 1 atom stereocenters. The van der Waals surface area contributed by atoms with Crippen molar-refractivity contribution in [3.05, 3.63) is 21.3 Å². The minimum Gasteiger partial charge on any atom is -0.395 e. The van der Waals surface area contributed by atoms with Gasteiger partial charge < -0.3 is 5.11 Å². The Morgan fingerprint density at radius 2 is 2.15 bits per heavy atom. The predicted octanol–water partition coefficient (Wildman–Crippen LogP) is 3.60. The van der Waals surface area contributed by atoms with Crippen LogP contribution in [0.2, 0.25) is 4.34 Å². The first-order chi connectivity index (χ1) is 9.63. The number of halogens is 1. The van der Waals surface area contributed by atoms with Crippen LogP contribution < -0.4 is 0 Å². The molecule has 1 heterocycles. The third-order valence-electron chi connectivity index (χ3n) is 4.09. The van der Waals surface area contributed by atoms with Gasteiger partial charge in [-0.05, 0) is 31.9 Å². The van der Waals surface area contributed by atoms with E-state index in [0.717, 1.165) is 12.8 Å². The molecule has 2 rings (SSSR count). The molecule has 1 N–H and O–H groups in total. The molecule has 0 radical (unpaired) electrons. The maximum Gasteiger partial charge on any atom is 0.189 e. The van der Waals surface area contributed by atoms with Crippen molar-refractivity contribution in [2.75, 3.05) is 13.2 Å². The molecule has 1 saturated carbocycles. The lowest BCUT2D eigenvalue weighted by atomic mass is 9.92. The van der Waals surface area contributed by atoms with E-state index in [1.165, 1.54) is 30.6 Å². The molecule has 1 fully saturated rings. The van der Waals surface area contributed by atoms with Crippen molar-refractivity contribution in [3.8, 4) is 0 Å². The van der Waals surface area contributed by atoms with Gasteiger partial charge in [-0.25, -0.2) is 0 Å². The number of rotatable bonds is 6. The summed E-state index contributed by atoms with van der Waals surface area (Å²) in [7, 11) is 0. The molecule has 1 aliphatic carbocycles. The number of thiophene rings is 1. The molecule has 1 aliphatic rings. The minimum absolute atomic E-state index is 0.0965. The van der Waals surface area contributed by atoms with Crippen molar-refractivity contribution in [1.82, 2.24) is 4.90 Å². The van der Waals surface area contributed by atoms with E-state index in [1.807, 2.05) is 6.92 Å². The fourth-order valence-electron chi connectivity index (χ4n) is 3.02. The number of carbonyl (C=O) groups excluding carboxylic acids is 1. The molecule has 0 saturated heterocycles. The molecule has 0 aromatic carbocycles. The molecule has 20 heavy (non-hydrogen) atoms. The van der Waals surface area contributed by atoms with E-state index in [0.29, 0.717) is 21.8 Å². The summed E-state index contributed by atoms with van der Waals surface area (Å²) in [5.74, 6) is 0.112. The first kappa shape index (κ1) is 16.0. The molecule has 0 spiro atoms. The third-order valence-corrected chi connectivity index (χ3v) is 5.34. The van der Waals surface area contributed by atoms with Crippen LogP contribution in [0.15, 0.2) is 12.1 Å². The monoisotopic (exact) mass is 315 g/mol. The van der Waals surface area contributed by atoms with Crippen LogP contribution in [0, 0.1) is 0 Å². The quantitative estimate of drug-likeness (QED) is 0.815. The smallest absolute Gasteiger partial charge is 0.189 e. The van der Waals surface area contributed by atoms with Gasteiger partial charge in [0.25, 0.3) is 0 Å². The molecule has 0 aliphatic heterocycles. The van der Waals surface area contributed by atoms with Gasteiger partial charge in [-0.3, -0.25) is 9.69 Å². The van der Waals surface area contributed by atoms with E-state index in [-0.39, 0.29) is 18.4 Å². The second kappa shape index (κ2) is 7.55. The average molecular weight is 316 g/mol. The van der Waals surface area contributed by atoms with Crippen LogP contribution in [0.25, 0.3) is 0 Å². The molecular formula is C15H22ClNO2S. The number of carbonyl (C=O) groups is 1. The SMILES string of the molecule is CC(C(=O)c1ccc(Cl)s1)N(CCO)C1CCCCC1. The van der Waals surface area contributed by atoms with E-state index in [2.05, 4.69) is 4.90 Å². The molecule has 112 valence electrons. The van der Waals surface area contributed by atoms with Crippen LogP contribution in [-0.4, -0.2) is 41.0 Å². The lowest BCUT2D eigenvalue weighted by molar-refractivity contribution is 0.0631. The average Bonchev–Trinajstić information content (AvgIpc) is 2.91. The van der Waals surface area contributed by atoms with Crippen molar-refractivity contribution in [3.63, 3.8) is 0 Å². The van der Waals surface area contributed by atoms with Gasteiger partial charge >= 0.3 is 0 Å². The fourth-order valence-corrected chi connectivity index (χ4v) is 4.09. The highest BCUT2D eigenvalue weighted by molar-refractivity contribution is 7.18. The number of aliphatic hydroxyl groups excluding tert-OH is 1. The van der Waals surface area contributed by atoms with Gasteiger partial charge in [-0.2, -0.15) is 0 Å². The minimum atomic E-state index is -0.194. The van der Waals surface area contributed by atoms with Gasteiger partial charge in [0, 0.05) is 12.6 Å². The lowest BCUT2D eigenvalue weighted by Gasteiger charge is -2.37. The summed E-state index contributed by atoms with van der Waals surface area (Å²) in [6.45, 7) is 2.61. The fraction of sp³-hybridized carbons (Fsp3) is 0.667. The Hall–Kier alpha value is -0.420. The number of hydrogen-bond donors (Lipinski definition) is 1. The molecule has 5 heteroatoms. The van der Waals surface area contributed by atoms with Crippen LogP contribution in [0.4, 0.5) is 0 Å². The molecular weight excluding hydrogens is 294 g/mol. The van der Waals surface area contributed by atoms with Gasteiger partial charge in [0.2, 0.25) is 0 Å². The van der Waals surface area contributed by atoms with Crippen LogP contribution in [-0.2, 0) is 0 Å². The van der Waals surface area contributed by atoms with Gasteiger partial charge in [0.1, 0.15) is 0 Å². The standard InChI is InChI=1S/C15H22ClNO2S/c1-11(15(19)13-7-8-14(16)20-13)17(9-10-18)12-5-3-2-4-6-12/h7-8,11-12,18H,2-6,9-10H2,1H3. The van der Waals surface area contributed by atoms with Crippen molar-refractivity contribution < 1.29 is 9.90 Å². The topological polar surface area (TPSA) is 40.5 Å². The summed E-state index contributed by atoms with van der Waals surface area (Å²) in [6.07, 6.45) is 5.98. The Balaban J connectivity index is 2.09. The molecule has 1 unspecified atom stereocenters. The Kier molecular flexibility index (Phi) is 6.02. The molecule has 0 bridgehead atoms. The molecule has 1 aromatic rings. The van der Waals surface area contributed by atoms with E-state index >= 15 is 0 Å². The Labute approximate surface area is 129 Å². The first-order valence-corrected chi connectivity index (χ1v) is 8.49. The number of Topliss-reactive ketones (excluding diaryl/α,β-unsaturated/α-hetero) is 1. The number of nitrogens with zero attached hydrogens (tertiary/aromatic N) is 1. The lowest BCUT2D eigenvalue weighted by Crippen LogP contribution is -2.47. The van der Waals surface area contributed by atoms with Crippen LogP contribution in [0.3, 0.4) is 0 Å². The van der Waals surface area contributed by atoms with E-state index < -0.39 is 0 Å². The highest BCUT2D eigenvalue weighted by Crippen LogP contribution is 2.27. The van der Waals surface area contributed by atoms with Crippen LogP contribution >= 0.6 is 22.9 Å². The van der Waals surface area contributed by atoms with Crippen LogP contribution in [0.5, 0.6) is 0 Å². The number of ketones is 1. The predicted molar refractivity (Wildman–Crippen MR) is 83.8 cm³/mol. The first-order valence-electron chi connectivity index (χ1n) is 7.29. The zero-order valence-electron chi connectivity index (χ0n) is 11.8. The molecule has 1 aromatic heterocycles. The zero-order chi connectivity index (χ0) is 14.5. The molecule has 3 nitrogen and oxygen atoms in total. The maximum absolute atomic E-state index is 12.5. The second-order valence-electron chi connectivity index (χ2n) is 5.40. The highest BCUT2D eigenvalue weighted by Gasteiger charge is 2.29. The Bertz CT molecular complexity index is 443. The van der Waals surface area contributed by atoms with Crippen LogP contribution in [0.1, 0.15) is 48.7 Å². The van der Waals surface area contributed by atoms with Gasteiger partial charge in [0.05, 0.1) is 21.9 Å². The van der Waals surface area contributed by atoms with E-state index in [9.17, 15) is 9.90 Å². The summed E-state index contributed by atoms with van der Waals surface area (Å²) in [5, 5.41) is 9.30. The number of hydrogen-bond acceptors (Lipinski definition) is 4. The second-order valence-corrected chi connectivity index (χ2v) is 7.11. The maximum atomic E-state index is 12.5. The third kappa shape index (κ3) is 3.82. The summed E-state index contributed by atoms with van der Waals surface area (Å²) >= 11 is 7.24.